The van der Waals surface area contributed by atoms with E-state index in [0.29, 0.717) is 52.5 Å². The molecule has 3 heterocycles. The number of hydrogen-bond acceptors (Lipinski definition) is 7. The number of aromatic amines is 1. The zero-order valence-electron chi connectivity index (χ0n) is 17.3. The van der Waals surface area contributed by atoms with Gasteiger partial charge in [0.2, 0.25) is 5.95 Å². The van der Waals surface area contributed by atoms with Gasteiger partial charge in [-0.1, -0.05) is 30.3 Å². The van der Waals surface area contributed by atoms with E-state index in [1.165, 1.54) is 6.20 Å². The molecule has 0 aliphatic carbocycles. The van der Waals surface area contributed by atoms with Crippen LogP contribution in [0, 0.1) is 0 Å². The summed E-state index contributed by atoms with van der Waals surface area (Å²) >= 11 is 0. The molecule has 9 nitrogen and oxygen atoms in total. The van der Waals surface area contributed by atoms with Crippen molar-refractivity contribution in [1.82, 2.24) is 24.7 Å². The Balaban J connectivity index is 1.45. The van der Waals surface area contributed by atoms with Gasteiger partial charge in [-0.25, -0.2) is 4.98 Å². The van der Waals surface area contributed by atoms with E-state index < -0.39 is 0 Å². The average molecular weight is 428 g/mol. The van der Waals surface area contributed by atoms with Gasteiger partial charge in [0.25, 0.3) is 5.56 Å². The highest BCUT2D eigenvalue weighted by atomic mass is 16.5. The van der Waals surface area contributed by atoms with Crippen LogP contribution in [0.3, 0.4) is 0 Å². The van der Waals surface area contributed by atoms with Crippen LogP contribution in [-0.4, -0.2) is 45.0 Å². The zero-order valence-corrected chi connectivity index (χ0v) is 17.3. The molecule has 0 unspecified atom stereocenters. The van der Waals surface area contributed by atoms with Gasteiger partial charge >= 0.3 is 0 Å². The predicted molar refractivity (Wildman–Crippen MR) is 122 cm³/mol. The standard InChI is InChI=1S/C23H20N6O3/c1-31-18-9-5-6-10-19(18)32-12-11-24-23-25-13-16-20-17(14-26-28-20)22(30)29(21(16)27-23)15-7-3-2-4-8-15/h2-10,13-14H,11-12H2,1H3,(H,26,28)(H,24,25,27). The number of ether oxygens (including phenoxy) is 2. The average Bonchev–Trinajstić information content (AvgIpc) is 3.33. The molecule has 0 saturated heterocycles. The molecule has 0 aliphatic rings. The van der Waals surface area contributed by atoms with Crippen molar-refractivity contribution in [3.05, 3.63) is 77.3 Å². The number of para-hydroxylation sites is 3. The minimum atomic E-state index is -0.198. The Labute approximate surface area is 182 Å². The Morgan fingerprint density at radius 3 is 2.59 bits per heavy atom. The molecular formula is C23H20N6O3. The smallest absolute Gasteiger partial charge is 0.267 e. The summed E-state index contributed by atoms with van der Waals surface area (Å²) in [4.78, 5) is 22.2. The number of benzene rings is 2. The first-order valence-electron chi connectivity index (χ1n) is 10.1. The van der Waals surface area contributed by atoms with Crippen molar-refractivity contribution < 1.29 is 9.47 Å². The van der Waals surface area contributed by atoms with Crippen molar-refractivity contribution in [2.24, 2.45) is 0 Å². The highest BCUT2D eigenvalue weighted by Gasteiger charge is 2.16. The Morgan fingerprint density at radius 2 is 1.78 bits per heavy atom. The van der Waals surface area contributed by atoms with Crippen LogP contribution < -0.4 is 20.3 Å². The molecule has 0 spiro atoms. The number of nitrogens with one attached hydrogen (secondary N) is 2. The number of aromatic nitrogens is 5. The molecule has 2 aromatic carbocycles. The van der Waals surface area contributed by atoms with Crippen molar-refractivity contribution in [3.63, 3.8) is 0 Å². The number of pyridine rings is 1. The molecule has 0 aliphatic heterocycles. The Kier molecular flexibility index (Phi) is 5.12. The van der Waals surface area contributed by atoms with Crippen molar-refractivity contribution in [3.8, 4) is 17.2 Å². The molecule has 2 N–H and O–H groups in total. The number of anilines is 1. The van der Waals surface area contributed by atoms with Crippen LogP contribution in [0.25, 0.3) is 27.6 Å². The van der Waals surface area contributed by atoms with E-state index in [0.717, 1.165) is 5.69 Å². The van der Waals surface area contributed by atoms with Gasteiger partial charge < -0.3 is 14.8 Å². The van der Waals surface area contributed by atoms with Crippen molar-refractivity contribution in [1.29, 1.82) is 0 Å². The molecular weight excluding hydrogens is 408 g/mol. The Bertz CT molecular complexity index is 1450. The second-order valence-electron chi connectivity index (χ2n) is 6.99. The molecule has 5 aromatic rings. The minimum Gasteiger partial charge on any atom is -0.493 e. The van der Waals surface area contributed by atoms with E-state index in [9.17, 15) is 4.79 Å². The van der Waals surface area contributed by atoms with E-state index >= 15 is 0 Å². The van der Waals surface area contributed by atoms with Crippen molar-refractivity contribution in [2.75, 3.05) is 25.6 Å². The van der Waals surface area contributed by atoms with Crippen LogP contribution in [0.5, 0.6) is 11.5 Å². The lowest BCUT2D eigenvalue weighted by Gasteiger charge is -2.13. The molecule has 0 radical (unpaired) electrons. The van der Waals surface area contributed by atoms with Crippen molar-refractivity contribution in [2.45, 2.75) is 0 Å². The lowest BCUT2D eigenvalue weighted by Crippen LogP contribution is -2.20. The van der Waals surface area contributed by atoms with E-state index in [1.54, 1.807) is 17.9 Å². The Morgan fingerprint density at radius 1 is 1.00 bits per heavy atom. The van der Waals surface area contributed by atoms with E-state index in [2.05, 4.69) is 25.5 Å². The maximum absolute atomic E-state index is 13.2. The summed E-state index contributed by atoms with van der Waals surface area (Å²) in [7, 11) is 1.60. The minimum absolute atomic E-state index is 0.198. The number of rotatable bonds is 7. The van der Waals surface area contributed by atoms with Crippen LogP contribution >= 0.6 is 0 Å². The van der Waals surface area contributed by atoms with E-state index in [4.69, 9.17) is 9.47 Å². The van der Waals surface area contributed by atoms with Crippen LogP contribution in [0.15, 0.2) is 71.8 Å². The lowest BCUT2D eigenvalue weighted by molar-refractivity contribution is 0.305. The van der Waals surface area contributed by atoms with Crippen LogP contribution in [0.1, 0.15) is 0 Å². The quantitative estimate of drug-likeness (QED) is 0.384. The first kappa shape index (κ1) is 19.6. The highest BCUT2D eigenvalue weighted by molar-refractivity contribution is 6.02. The first-order chi connectivity index (χ1) is 15.8. The second-order valence-corrected chi connectivity index (χ2v) is 6.99. The van der Waals surface area contributed by atoms with Crippen LogP contribution in [-0.2, 0) is 0 Å². The lowest BCUT2D eigenvalue weighted by atomic mass is 10.2. The number of H-pyrrole nitrogens is 1. The molecule has 160 valence electrons. The highest BCUT2D eigenvalue weighted by Crippen LogP contribution is 2.26. The third-order valence-corrected chi connectivity index (χ3v) is 5.05. The van der Waals surface area contributed by atoms with Gasteiger partial charge in [0.15, 0.2) is 17.1 Å². The molecule has 0 amide bonds. The third kappa shape index (κ3) is 3.49. The summed E-state index contributed by atoms with van der Waals surface area (Å²) in [5.74, 6) is 1.73. The second kappa shape index (κ2) is 8.38. The molecule has 9 heteroatoms. The molecule has 0 bridgehead atoms. The van der Waals surface area contributed by atoms with Gasteiger partial charge in [-0.2, -0.15) is 10.1 Å². The van der Waals surface area contributed by atoms with Gasteiger partial charge in [0.1, 0.15) is 6.61 Å². The topological polar surface area (TPSA) is 107 Å². The van der Waals surface area contributed by atoms with Gasteiger partial charge in [-0.05, 0) is 24.3 Å². The molecule has 0 atom stereocenters. The first-order valence-corrected chi connectivity index (χ1v) is 10.1. The maximum Gasteiger partial charge on any atom is 0.267 e. The molecule has 5 rings (SSSR count). The fraction of sp³-hybridized carbons (Fsp3) is 0.130. The Hall–Kier alpha value is -4.40. The molecule has 3 aromatic heterocycles. The number of nitrogens with zero attached hydrogens (tertiary/aromatic N) is 4. The van der Waals surface area contributed by atoms with Gasteiger partial charge in [-0.15, -0.1) is 0 Å². The number of methoxy groups -OCH3 is 1. The largest absolute Gasteiger partial charge is 0.493 e. The predicted octanol–water partition coefficient (Wildman–Crippen LogP) is 3.16. The fourth-order valence-electron chi connectivity index (χ4n) is 3.55. The summed E-state index contributed by atoms with van der Waals surface area (Å²) in [6, 6.07) is 16.8. The summed E-state index contributed by atoms with van der Waals surface area (Å²) < 4.78 is 12.7. The van der Waals surface area contributed by atoms with Crippen LogP contribution in [0.2, 0.25) is 0 Å². The monoisotopic (exact) mass is 428 g/mol. The van der Waals surface area contributed by atoms with Gasteiger partial charge in [-0.3, -0.25) is 14.5 Å². The molecule has 0 fully saturated rings. The number of hydrogen-bond donors (Lipinski definition) is 2. The normalized spacial score (nSPS) is 11.0. The molecule has 32 heavy (non-hydrogen) atoms. The van der Waals surface area contributed by atoms with Crippen LogP contribution in [0.4, 0.5) is 5.95 Å². The van der Waals surface area contributed by atoms with E-state index in [1.807, 2.05) is 54.6 Å². The van der Waals surface area contributed by atoms with Gasteiger partial charge in [0, 0.05) is 6.20 Å². The van der Waals surface area contributed by atoms with Gasteiger partial charge in [0.05, 0.1) is 41.8 Å². The zero-order chi connectivity index (χ0) is 21.9. The maximum atomic E-state index is 13.2. The summed E-state index contributed by atoms with van der Waals surface area (Å²) in [5, 5.41) is 11.3. The summed E-state index contributed by atoms with van der Waals surface area (Å²) in [6.45, 7) is 0.846. The van der Waals surface area contributed by atoms with Crippen molar-refractivity contribution >= 4 is 27.9 Å². The SMILES string of the molecule is COc1ccccc1OCCNc1ncc2c3[nH]ncc3c(=O)n(-c3ccccc3)c2n1. The number of fused-ring (bicyclic) bond motifs is 3. The molecule has 0 saturated carbocycles. The van der Waals surface area contributed by atoms with E-state index in [-0.39, 0.29) is 5.56 Å². The third-order valence-electron chi connectivity index (χ3n) is 5.05. The fourth-order valence-corrected chi connectivity index (χ4v) is 3.55. The summed E-state index contributed by atoms with van der Waals surface area (Å²) in [6.07, 6.45) is 3.21. The summed E-state index contributed by atoms with van der Waals surface area (Å²) in [5.41, 5.74) is 1.62.